The van der Waals surface area contributed by atoms with Gasteiger partial charge in [-0.1, -0.05) is 36.4 Å². The summed E-state index contributed by atoms with van der Waals surface area (Å²) < 4.78 is 14.0. The van der Waals surface area contributed by atoms with E-state index in [4.69, 9.17) is 0 Å². The molecule has 24 heavy (non-hydrogen) atoms. The Labute approximate surface area is 139 Å². The number of carbonyl (C=O) groups is 2. The minimum Gasteiger partial charge on any atom is -0.287 e. The molecule has 0 bridgehead atoms. The van der Waals surface area contributed by atoms with Crippen LogP contribution in [0.1, 0.15) is 17.5 Å². The molecule has 2 heterocycles. The molecule has 1 fully saturated rings. The molecule has 0 aliphatic carbocycles. The normalized spacial score (nSPS) is 21.2. The largest absolute Gasteiger partial charge is 0.287 e. The van der Waals surface area contributed by atoms with Crippen LogP contribution in [0.2, 0.25) is 0 Å². The molecule has 1 saturated heterocycles. The third-order valence-corrected chi connectivity index (χ3v) is 4.82. The molecular formula is C19H17FN2O2. The third-order valence-electron chi connectivity index (χ3n) is 4.82. The van der Waals surface area contributed by atoms with Crippen LogP contribution < -0.4 is 4.90 Å². The van der Waals surface area contributed by atoms with Crippen LogP contribution in [-0.2, 0) is 22.6 Å². The van der Waals surface area contributed by atoms with E-state index >= 15 is 0 Å². The number of amides is 2. The average molecular weight is 324 g/mol. The minimum atomic E-state index is -0.552. The second-order valence-corrected chi connectivity index (χ2v) is 6.23. The van der Waals surface area contributed by atoms with Crippen LogP contribution in [0.15, 0.2) is 48.5 Å². The highest BCUT2D eigenvalue weighted by Gasteiger charge is 2.44. The Hall–Kier alpha value is -2.53. The Morgan fingerprint density at radius 3 is 2.46 bits per heavy atom. The van der Waals surface area contributed by atoms with Gasteiger partial charge in [-0.25, -0.2) is 9.29 Å². The van der Waals surface area contributed by atoms with Gasteiger partial charge in [0.05, 0.1) is 18.2 Å². The lowest BCUT2D eigenvalue weighted by Gasteiger charge is -2.32. The SMILES string of the molecule is O=C1C[C@@H](N2CCc3ccccc3C2)C(=O)N1c1ccccc1F. The van der Waals surface area contributed by atoms with Crippen molar-refractivity contribution in [3.8, 4) is 0 Å². The first kappa shape index (κ1) is 15.0. The fraction of sp³-hybridized carbons (Fsp3) is 0.263. The molecule has 5 heteroatoms. The third kappa shape index (κ3) is 2.41. The van der Waals surface area contributed by atoms with E-state index in [1.807, 2.05) is 17.0 Å². The molecule has 2 aromatic rings. The molecule has 0 saturated carbocycles. The molecule has 2 amide bonds. The van der Waals surface area contributed by atoms with E-state index in [0.29, 0.717) is 6.54 Å². The van der Waals surface area contributed by atoms with Crippen molar-refractivity contribution in [2.24, 2.45) is 0 Å². The zero-order valence-electron chi connectivity index (χ0n) is 13.1. The zero-order valence-corrected chi connectivity index (χ0v) is 13.1. The summed E-state index contributed by atoms with van der Waals surface area (Å²) in [4.78, 5) is 28.2. The van der Waals surface area contributed by atoms with Gasteiger partial charge in [0.2, 0.25) is 5.91 Å². The molecule has 0 N–H and O–H groups in total. The molecule has 0 spiro atoms. The van der Waals surface area contributed by atoms with Gasteiger partial charge in [0.1, 0.15) is 5.82 Å². The minimum absolute atomic E-state index is 0.0485. The summed E-state index contributed by atoms with van der Waals surface area (Å²) in [6.45, 7) is 1.37. The van der Waals surface area contributed by atoms with Crippen LogP contribution in [0.3, 0.4) is 0 Å². The first-order valence-corrected chi connectivity index (χ1v) is 8.07. The lowest BCUT2D eigenvalue weighted by Crippen LogP contribution is -2.44. The number of rotatable bonds is 2. The number of nitrogens with zero attached hydrogens (tertiary/aromatic N) is 2. The lowest BCUT2D eigenvalue weighted by atomic mass is 9.98. The Morgan fingerprint density at radius 1 is 0.958 bits per heavy atom. The molecule has 2 aromatic carbocycles. The van der Waals surface area contributed by atoms with Gasteiger partial charge in [-0.05, 0) is 29.7 Å². The van der Waals surface area contributed by atoms with Crippen LogP contribution in [0.5, 0.6) is 0 Å². The highest BCUT2D eigenvalue weighted by molar-refractivity contribution is 6.22. The Morgan fingerprint density at radius 2 is 1.67 bits per heavy atom. The van der Waals surface area contributed by atoms with E-state index < -0.39 is 11.9 Å². The van der Waals surface area contributed by atoms with E-state index in [1.54, 1.807) is 12.1 Å². The monoisotopic (exact) mass is 324 g/mol. The molecule has 0 aromatic heterocycles. The van der Waals surface area contributed by atoms with Gasteiger partial charge >= 0.3 is 0 Å². The van der Waals surface area contributed by atoms with Crippen molar-refractivity contribution in [3.63, 3.8) is 0 Å². The maximum absolute atomic E-state index is 14.0. The molecular weight excluding hydrogens is 307 g/mol. The highest BCUT2D eigenvalue weighted by Crippen LogP contribution is 2.30. The molecule has 0 radical (unpaired) electrons. The van der Waals surface area contributed by atoms with Crippen molar-refractivity contribution in [3.05, 3.63) is 65.5 Å². The van der Waals surface area contributed by atoms with Crippen LogP contribution in [0.4, 0.5) is 10.1 Å². The molecule has 2 aliphatic heterocycles. The maximum Gasteiger partial charge on any atom is 0.251 e. The van der Waals surface area contributed by atoms with Crippen LogP contribution in [0, 0.1) is 5.82 Å². The average Bonchev–Trinajstić information content (AvgIpc) is 2.90. The Kier molecular flexibility index (Phi) is 3.65. The smallest absolute Gasteiger partial charge is 0.251 e. The van der Waals surface area contributed by atoms with Crippen LogP contribution in [0.25, 0.3) is 0 Å². The van der Waals surface area contributed by atoms with Crippen LogP contribution >= 0.6 is 0 Å². The van der Waals surface area contributed by atoms with E-state index in [0.717, 1.165) is 17.9 Å². The van der Waals surface area contributed by atoms with Crippen molar-refractivity contribution in [2.45, 2.75) is 25.4 Å². The molecule has 4 nitrogen and oxygen atoms in total. The Bertz CT molecular complexity index is 821. The quantitative estimate of drug-likeness (QED) is 0.797. The number of para-hydroxylation sites is 1. The fourth-order valence-corrected chi connectivity index (χ4v) is 3.57. The maximum atomic E-state index is 14.0. The van der Waals surface area contributed by atoms with Gasteiger partial charge in [-0.15, -0.1) is 0 Å². The molecule has 2 aliphatic rings. The van der Waals surface area contributed by atoms with Crippen molar-refractivity contribution in [2.75, 3.05) is 11.4 Å². The van der Waals surface area contributed by atoms with E-state index in [-0.39, 0.29) is 23.9 Å². The summed E-state index contributed by atoms with van der Waals surface area (Å²) >= 11 is 0. The molecule has 122 valence electrons. The van der Waals surface area contributed by atoms with Crippen molar-refractivity contribution >= 4 is 17.5 Å². The summed E-state index contributed by atoms with van der Waals surface area (Å²) in [5, 5.41) is 0. The van der Waals surface area contributed by atoms with Crippen LogP contribution in [-0.4, -0.2) is 29.3 Å². The van der Waals surface area contributed by atoms with Gasteiger partial charge in [0, 0.05) is 13.1 Å². The van der Waals surface area contributed by atoms with Gasteiger partial charge in [-0.3, -0.25) is 14.5 Å². The van der Waals surface area contributed by atoms with Crippen molar-refractivity contribution in [1.29, 1.82) is 0 Å². The molecule has 4 rings (SSSR count). The number of imide groups is 1. The second kappa shape index (κ2) is 5.83. The fourth-order valence-electron chi connectivity index (χ4n) is 3.57. The Balaban J connectivity index is 1.60. The number of hydrogen-bond donors (Lipinski definition) is 0. The van der Waals surface area contributed by atoms with E-state index in [2.05, 4.69) is 12.1 Å². The number of benzene rings is 2. The van der Waals surface area contributed by atoms with Gasteiger partial charge in [0.15, 0.2) is 0 Å². The van der Waals surface area contributed by atoms with Crippen molar-refractivity contribution < 1.29 is 14.0 Å². The van der Waals surface area contributed by atoms with Gasteiger partial charge < -0.3 is 0 Å². The predicted octanol–water partition coefficient (Wildman–Crippen LogP) is 2.52. The second-order valence-electron chi connectivity index (χ2n) is 6.23. The standard InChI is InChI=1S/C19H17FN2O2/c20-15-7-3-4-8-16(15)22-18(23)11-17(19(22)24)21-10-9-13-5-1-2-6-14(13)12-21/h1-8,17H,9-12H2/t17-/m1/s1. The zero-order chi connectivity index (χ0) is 16.7. The van der Waals surface area contributed by atoms with E-state index in [1.165, 1.54) is 23.3 Å². The van der Waals surface area contributed by atoms with E-state index in [9.17, 15) is 14.0 Å². The number of halogens is 1. The summed E-state index contributed by atoms with van der Waals surface area (Å²) in [6.07, 6.45) is 0.961. The molecule has 0 unspecified atom stereocenters. The number of carbonyl (C=O) groups excluding carboxylic acids is 2. The number of fused-ring (bicyclic) bond motifs is 1. The number of hydrogen-bond acceptors (Lipinski definition) is 3. The van der Waals surface area contributed by atoms with Crippen molar-refractivity contribution in [1.82, 2.24) is 4.90 Å². The first-order chi connectivity index (χ1) is 11.6. The topological polar surface area (TPSA) is 40.6 Å². The summed E-state index contributed by atoms with van der Waals surface area (Å²) in [5.74, 6) is -1.22. The predicted molar refractivity (Wildman–Crippen MR) is 87.9 cm³/mol. The van der Waals surface area contributed by atoms with Gasteiger partial charge in [0.25, 0.3) is 5.91 Å². The highest BCUT2D eigenvalue weighted by atomic mass is 19.1. The summed E-state index contributed by atoms with van der Waals surface area (Å²) in [6, 6.07) is 13.5. The first-order valence-electron chi connectivity index (χ1n) is 8.07. The van der Waals surface area contributed by atoms with Gasteiger partial charge in [-0.2, -0.15) is 0 Å². The lowest BCUT2D eigenvalue weighted by molar-refractivity contribution is -0.123. The summed E-state index contributed by atoms with van der Waals surface area (Å²) in [7, 11) is 0. The number of anilines is 1. The summed E-state index contributed by atoms with van der Waals surface area (Å²) in [5.41, 5.74) is 2.53. The molecule has 1 atom stereocenters.